The Balaban J connectivity index is 1.53. The van der Waals surface area contributed by atoms with E-state index in [0.29, 0.717) is 17.1 Å². The quantitative estimate of drug-likeness (QED) is 0.742. The predicted molar refractivity (Wildman–Crippen MR) is 92.0 cm³/mol. The van der Waals surface area contributed by atoms with Gasteiger partial charge < -0.3 is 10.1 Å². The molecule has 10 heteroatoms. The van der Waals surface area contributed by atoms with Gasteiger partial charge in [-0.15, -0.1) is 5.10 Å². The molecule has 2 heterocycles. The van der Waals surface area contributed by atoms with Gasteiger partial charge in [0.05, 0.1) is 17.1 Å². The molecule has 0 radical (unpaired) electrons. The zero-order valence-electron chi connectivity index (χ0n) is 13.9. The van der Waals surface area contributed by atoms with Gasteiger partial charge in [0.25, 0.3) is 5.91 Å². The zero-order valence-corrected chi connectivity index (χ0v) is 13.9. The summed E-state index contributed by atoms with van der Waals surface area (Å²) in [6.45, 7) is -0.429. The van der Waals surface area contributed by atoms with E-state index in [0.717, 1.165) is 0 Å². The van der Waals surface area contributed by atoms with Crippen LogP contribution in [0.25, 0.3) is 5.69 Å². The molecule has 2 aromatic carbocycles. The lowest BCUT2D eigenvalue weighted by atomic mass is 10.2. The van der Waals surface area contributed by atoms with E-state index in [1.165, 1.54) is 34.1 Å². The number of aromatic nitrogens is 4. The number of nitrogens with zero attached hydrogens (tertiary/aromatic N) is 5. The van der Waals surface area contributed by atoms with E-state index in [9.17, 15) is 14.0 Å². The summed E-state index contributed by atoms with van der Waals surface area (Å²) in [6, 6.07) is 11.0. The average molecular weight is 368 g/mol. The fourth-order valence-corrected chi connectivity index (χ4v) is 2.69. The Labute approximate surface area is 152 Å². The molecule has 0 spiro atoms. The minimum atomic E-state index is -0.617. The van der Waals surface area contributed by atoms with Crippen molar-refractivity contribution in [2.24, 2.45) is 0 Å². The van der Waals surface area contributed by atoms with Crippen LogP contribution in [-0.2, 0) is 9.59 Å². The average Bonchev–Trinajstić information content (AvgIpc) is 3.21. The molecule has 1 aromatic heterocycles. The van der Waals surface area contributed by atoms with Gasteiger partial charge in [0.2, 0.25) is 5.91 Å². The van der Waals surface area contributed by atoms with Crippen LogP contribution in [0.15, 0.2) is 48.8 Å². The molecule has 0 saturated carbocycles. The molecule has 1 N–H and O–H groups in total. The van der Waals surface area contributed by atoms with Crippen molar-refractivity contribution in [2.45, 2.75) is 0 Å². The molecule has 27 heavy (non-hydrogen) atoms. The Morgan fingerprint density at radius 3 is 2.93 bits per heavy atom. The summed E-state index contributed by atoms with van der Waals surface area (Å²) in [7, 11) is 0. The summed E-state index contributed by atoms with van der Waals surface area (Å²) < 4.78 is 20.8. The highest BCUT2D eigenvalue weighted by molar-refractivity contribution is 6.05. The van der Waals surface area contributed by atoms with Crippen molar-refractivity contribution in [2.75, 3.05) is 23.4 Å². The lowest BCUT2D eigenvalue weighted by Gasteiger charge is -2.28. The summed E-state index contributed by atoms with van der Waals surface area (Å²) in [6.07, 6.45) is 1.35. The van der Waals surface area contributed by atoms with Crippen molar-refractivity contribution in [3.8, 4) is 11.4 Å². The number of tetrazole rings is 1. The van der Waals surface area contributed by atoms with Crippen LogP contribution in [0.1, 0.15) is 0 Å². The van der Waals surface area contributed by atoms with Crippen molar-refractivity contribution in [1.29, 1.82) is 0 Å². The van der Waals surface area contributed by atoms with Crippen LogP contribution in [0.3, 0.4) is 0 Å². The third-order valence-electron chi connectivity index (χ3n) is 3.95. The molecule has 9 nitrogen and oxygen atoms in total. The van der Waals surface area contributed by atoms with Gasteiger partial charge in [-0.2, -0.15) is 0 Å². The number of benzene rings is 2. The Bertz CT molecular complexity index is 1010. The zero-order chi connectivity index (χ0) is 18.8. The molecule has 0 atom stereocenters. The number of anilines is 2. The number of hydrogen-bond acceptors (Lipinski definition) is 6. The molecule has 1 aliphatic rings. The van der Waals surface area contributed by atoms with Crippen LogP contribution < -0.4 is 15.0 Å². The maximum atomic E-state index is 14.1. The molecule has 1 aliphatic heterocycles. The normalized spacial score (nSPS) is 13.1. The summed E-state index contributed by atoms with van der Waals surface area (Å²) >= 11 is 0. The lowest BCUT2D eigenvalue weighted by molar-refractivity contribution is -0.123. The first-order valence-electron chi connectivity index (χ1n) is 7.97. The first-order chi connectivity index (χ1) is 13.1. The third-order valence-corrected chi connectivity index (χ3v) is 3.95. The van der Waals surface area contributed by atoms with E-state index >= 15 is 0 Å². The summed E-state index contributed by atoms with van der Waals surface area (Å²) in [4.78, 5) is 25.9. The van der Waals surface area contributed by atoms with Crippen LogP contribution in [0.5, 0.6) is 5.75 Å². The second-order valence-electron chi connectivity index (χ2n) is 5.70. The van der Waals surface area contributed by atoms with Gasteiger partial charge in [-0.1, -0.05) is 12.1 Å². The number of fused-ring (bicyclic) bond motifs is 1. The number of para-hydroxylation sites is 2. The van der Waals surface area contributed by atoms with Crippen molar-refractivity contribution in [3.63, 3.8) is 0 Å². The van der Waals surface area contributed by atoms with Crippen molar-refractivity contribution in [3.05, 3.63) is 54.6 Å². The lowest BCUT2D eigenvalue weighted by Crippen LogP contribution is -2.43. The fourth-order valence-electron chi connectivity index (χ4n) is 2.69. The van der Waals surface area contributed by atoms with Gasteiger partial charge in [0.15, 0.2) is 6.61 Å². The van der Waals surface area contributed by atoms with Gasteiger partial charge >= 0.3 is 0 Å². The van der Waals surface area contributed by atoms with E-state index in [1.807, 2.05) is 0 Å². The van der Waals surface area contributed by atoms with Crippen LogP contribution in [0.2, 0.25) is 0 Å². The maximum absolute atomic E-state index is 14.1. The molecule has 2 amide bonds. The van der Waals surface area contributed by atoms with E-state index in [1.54, 1.807) is 24.3 Å². The first-order valence-corrected chi connectivity index (χ1v) is 7.97. The first kappa shape index (κ1) is 16.6. The highest BCUT2D eigenvalue weighted by Gasteiger charge is 2.27. The van der Waals surface area contributed by atoms with Crippen molar-refractivity contribution < 1.29 is 18.7 Å². The molecule has 0 unspecified atom stereocenters. The molecule has 136 valence electrons. The Kier molecular flexibility index (Phi) is 4.21. The predicted octanol–water partition coefficient (Wildman–Crippen LogP) is 1.17. The van der Waals surface area contributed by atoms with E-state index in [2.05, 4.69) is 20.8 Å². The van der Waals surface area contributed by atoms with Crippen LogP contribution >= 0.6 is 0 Å². The second-order valence-corrected chi connectivity index (χ2v) is 5.70. The second kappa shape index (κ2) is 6.83. The number of rotatable bonds is 4. The summed E-state index contributed by atoms with van der Waals surface area (Å²) in [5.41, 5.74) is 0.929. The Morgan fingerprint density at radius 1 is 1.26 bits per heavy atom. The van der Waals surface area contributed by atoms with Crippen LogP contribution in [0, 0.1) is 5.82 Å². The molecular weight excluding hydrogens is 355 g/mol. The summed E-state index contributed by atoms with van der Waals surface area (Å²) in [5, 5.41) is 13.2. The van der Waals surface area contributed by atoms with Gasteiger partial charge in [0.1, 0.15) is 24.4 Å². The minimum absolute atomic E-state index is 0.0398. The molecule has 0 aliphatic carbocycles. The molecule has 0 saturated heterocycles. The molecule has 4 rings (SSSR count). The standard InChI is InChI=1S/C17H13FN6O3/c18-12-6-5-11(24-10-19-21-22-24)7-13(12)20-16(25)8-23-14-3-1-2-4-15(14)27-9-17(23)26/h1-7,10H,8-9H2,(H,20,25). The number of carbonyl (C=O) groups excluding carboxylic acids is 2. The van der Waals surface area contributed by atoms with Crippen LogP contribution in [0.4, 0.5) is 15.8 Å². The van der Waals surface area contributed by atoms with Crippen molar-refractivity contribution in [1.82, 2.24) is 20.2 Å². The topological polar surface area (TPSA) is 102 Å². The SMILES string of the molecule is O=C(CN1C(=O)COc2ccccc21)Nc1cc(-n2cnnn2)ccc1F. The number of amides is 2. The van der Waals surface area contributed by atoms with Gasteiger partial charge in [-0.3, -0.25) is 14.5 Å². The van der Waals surface area contributed by atoms with E-state index in [-0.39, 0.29) is 24.7 Å². The summed E-state index contributed by atoms with van der Waals surface area (Å²) in [5.74, 6) is -1.01. The number of hydrogen-bond donors (Lipinski definition) is 1. The van der Waals surface area contributed by atoms with Gasteiger partial charge in [0, 0.05) is 0 Å². The number of nitrogens with one attached hydrogen (secondary N) is 1. The van der Waals surface area contributed by atoms with E-state index in [4.69, 9.17) is 4.74 Å². The van der Waals surface area contributed by atoms with Crippen molar-refractivity contribution >= 4 is 23.2 Å². The number of halogens is 1. The highest BCUT2D eigenvalue weighted by Crippen LogP contribution is 2.31. The number of carbonyl (C=O) groups is 2. The fraction of sp³-hybridized carbons (Fsp3) is 0.118. The van der Waals surface area contributed by atoms with Gasteiger partial charge in [-0.05, 0) is 40.8 Å². The largest absolute Gasteiger partial charge is 0.482 e. The molecular formula is C17H13FN6O3. The Hall–Kier alpha value is -3.82. The van der Waals surface area contributed by atoms with E-state index < -0.39 is 11.7 Å². The monoisotopic (exact) mass is 368 g/mol. The molecule has 0 bridgehead atoms. The molecule has 3 aromatic rings. The van der Waals surface area contributed by atoms with Gasteiger partial charge in [-0.25, -0.2) is 9.07 Å². The smallest absolute Gasteiger partial charge is 0.265 e. The third kappa shape index (κ3) is 3.32. The van der Waals surface area contributed by atoms with Crippen LogP contribution in [-0.4, -0.2) is 45.2 Å². The number of ether oxygens (including phenoxy) is 1. The minimum Gasteiger partial charge on any atom is -0.482 e. The highest BCUT2D eigenvalue weighted by atomic mass is 19.1. The molecule has 0 fully saturated rings. The Morgan fingerprint density at radius 2 is 2.11 bits per heavy atom. The maximum Gasteiger partial charge on any atom is 0.265 e.